The number of rotatable bonds is 4. The smallest absolute Gasteiger partial charge is 0.246 e. The van der Waals surface area contributed by atoms with Crippen molar-refractivity contribution in [3.63, 3.8) is 0 Å². The first kappa shape index (κ1) is 16.7. The average Bonchev–Trinajstić information content (AvgIpc) is 3.45. The van der Waals surface area contributed by atoms with Gasteiger partial charge in [0.25, 0.3) is 0 Å². The van der Waals surface area contributed by atoms with Crippen molar-refractivity contribution in [2.24, 2.45) is 0 Å². The molecule has 4 heterocycles. The summed E-state index contributed by atoms with van der Waals surface area (Å²) in [6.07, 6.45) is 5.38. The first-order chi connectivity index (χ1) is 13.2. The van der Waals surface area contributed by atoms with Crippen molar-refractivity contribution < 1.29 is 4.52 Å². The summed E-state index contributed by atoms with van der Waals surface area (Å²) in [5.74, 6) is 1.88. The fraction of sp³-hybridized carbons (Fsp3) is 0.476. The van der Waals surface area contributed by atoms with Gasteiger partial charge in [-0.15, -0.1) is 0 Å². The Balaban J connectivity index is 1.38. The van der Waals surface area contributed by atoms with E-state index in [9.17, 15) is 0 Å². The van der Waals surface area contributed by atoms with Crippen LogP contribution >= 0.6 is 0 Å². The van der Waals surface area contributed by atoms with Crippen LogP contribution in [0.2, 0.25) is 0 Å². The van der Waals surface area contributed by atoms with Gasteiger partial charge in [-0.25, -0.2) is 4.98 Å². The number of nitrogens with zero attached hydrogens (tertiary/aromatic N) is 5. The normalized spacial score (nSPS) is 25.2. The SMILES string of the molecule is Cc1ncn(Cc2nc([C@H]3C[C@@H](c4ccccc4)N4CCC[C@H]34)no2)c1C. The van der Waals surface area contributed by atoms with E-state index in [-0.39, 0.29) is 0 Å². The topological polar surface area (TPSA) is 60.0 Å². The van der Waals surface area contributed by atoms with Gasteiger partial charge in [0.1, 0.15) is 6.54 Å². The van der Waals surface area contributed by atoms with Crippen molar-refractivity contribution in [2.75, 3.05) is 6.54 Å². The zero-order chi connectivity index (χ0) is 18.4. The number of hydrogen-bond acceptors (Lipinski definition) is 5. The average molecular weight is 363 g/mol. The molecule has 0 unspecified atom stereocenters. The molecule has 0 saturated carbocycles. The summed E-state index contributed by atoms with van der Waals surface area (Å²) in [5, 5.41) is 4.37. The maximum Gasteiger partial charge on any atom is 0.246 e. The summed E-state index contributed by atoms with van der Waals surface area (Å²) in [4.78, 5) is 11.8. The van der Waals surface area contributed by atoms with Gasteiger partial charge in [0.2, 0.25) is 5.89 Å². The van der Waals surface area contributed by atoms with Crippen LogP contribution in [0.4, 0.5) is 0 Å². The molecule has 0 bridgehead atoms. The molecule has 27 heavy (non-hydrogen) atoms. The van der Waals surface area contributed by atoms with E-state index in [0.29, 0.717) is 30.4 Å². The molecule has 3 aromatic rings. The van der Waals surface area contributed by atoms with Gasteiger partial charge in [-0.1, -0.05) is 35.5 Å². The minimum Gasteiger partial charge on any atom is -0.337 e. The molecule has 2 aromatic heterocycles. The predicted octanol–water partition coefficient (Wildman–Crippen LogP) is 3.62. The maximum atomic E-state index is 5.61. The standard InChI is InChI=1S/C21H25N5O/c1-14-15(2)25(13-22-14)12-20-23-21(24-27-20)17-11-19(16-7-4-3-5-8-16)26-10-6-9-18(17)26/h3-5,7-8,13,17-19H,6,9-12H2,1-2H3/t17-,18+,19-/m0/s1. The number of fused-ring (bicyclic) bond motifs is 1. The second-order valence-corrected chi connectivity index (χ2v) is 7.81. The Kier molecular flexibility index (Phi) is 4.08. The Bertz CT molecular complexity index is 931. The summed E-state index contributed by atoms with van der Waals surface area (Å²) in [6.45, 7) is 5.83. The highest BCUT2D eigenvalue weighted by atomic mass is 16.5. The van der Waals surface area contributed by atoms with E-state index < -0.39 is 0 Å². The van der Waals surface area contributed by atoms with Crippen molar-refractivity contribution in [3.05, 3.63) is 65.3 Å². The largest absolute Gasteiger partial charge is 0.337 e. The minimum atomic E-state index is 0.348. The molecule has 6 heteroatoms. The fourth-order valence-corrected chi connectivity index (χ4v) is 4.78. The fourth-order valence-electron chi connectivity index (χ4n) is 4.78. The number of hydrogen-bond donors (Lipinski definition) is 0. The van der Waals surface area contributed by atoms with Crippen LogP contribution in [0.5, 0.6) is 0 Å². The molecule has 6 nitrogen and oxygen atoms in total. The van der Waals surface area contributed by atoms with Crippen LogP contribution in [-0.2, 0) is 6.54 Å². The number of aryl methyl sites for hydroxylation is 1. The third kappa shape index (κ3) is 2.88. The molecule has 2 aliphatic heterocycles. The molecule has 2 saturated heterocycles. The molecule has 2 fully saturated rings. The van der Waals surface area contributed by atoms with Crippen LogP contribution in [0.25, 0.3) is 0 Å². The van der Waals surface area contributed by atoms with Gasteiger partial charge < -0.3 is 9.09 Å². The lowest BCUT2D eigenvalue weighted by molar-refractivity contribution is 0.243. The Morgan fingerprint density at radius 1 is 1.19 bits per heavy atom. The van der Waals surface area contributed by atoms with E-state index in [1.54, 1.807) is 0 Å². The van der Waals surface area contributed by atoms with E-state index in [1.807, 2.05) is 13.3 Å². The van der Waals surface area contributed by atoms with Crippen LogP contribution < -0.4 is 0 Å². The molecule has 0 radical (unpaired) electrons. The van der Waals surface area contributed by atoms with Crippen LogP contribution in [0.1, 0.15) is 59.9 Å². The van der Waals surface area contributed by atoms with Crippen molar-refractivity contribution >= 4 is 0 Å². The van der Waals surface area contributed by atoms with Crippen LogP contribution in [0.3, 0.4) is 0 Å². The first-order valence-electron chi connectivity index (χ1n) is 9.82. The van der Waals surface area contributed by atoms with E-state index in [4.69, 9.17) is 9.51 Å². The molecule has 2 aliphatic rings. The van der Waals surface area contributed by atoms with Crippen LogP contribution in [0, 0.1) is 13.8 Å². The van der Waals surface area contributed by atoms with Crippen molar-refractivity contribution in [2.45, 2.75) is 57.7 Å². The molecule has 0 amide bonds. The van der Waals surface area contributed by atoms with Gasteiger partial charge >= 0.3 is 0 Å². The van der Waals surface area contributed by atoms with Crippen LogP contribution in [-0.4, -0.2) is 37.2 Å². The highest BCUT2D eigenvalue weighted by Gasteiger charge is 2.46. The highest BCUT2D eigenvalue weighted by Crippen LogP contribution is 2.48. The molecule has 140 valence electrons. The second-order valence-electron chi connectivity index (χ2n) is 7.81. The molecule has 0 spiro atoms. The third-order valence-corrected chi connectivity index (χ3v) is 6.33. The monoisotopic (exact) mass is 363 g/mol. The molecule has 1 aromatic carbocycles. The van der Waals surface area contributed by atoms with Gasteiger partial charge in [0.05, 0.1) is 12.0 Å². The zero-order valence-electron chi connectivity index (χ0n) is 15.9. The molecule has 3 atom stereocenters. The van der Waals surface area contributed by atoms with Crippen molar-refractivity contribution in [1.82, 2.24) is 24.6 Å². The minimum absolute atomic E-state index is 0.348. The first-order valence-corrected chi connectivity index (χ1v) is 9.82. The van der Waals surface area contributed by atoms with Gasteiger partial charge in [-0.05, 0) is 45.2 Å². The molecule has 0 N–H and O–H groups in total. The Morgan fingerprint density at radius 2 is 2.04 bits per heavy atom. The van der Waals surface area contributed by atoms with E-state index in [1.165, 1.54) is 24.9 Å². The third-order valence-electron chi connectivity index (χ3n) is 6.33. The maximum absolute atomic E-state index is 5.61. The van der Waals surface area contributed by atoms with Crippen LogP contribution in [0.15, 0.2) is 41.2 Å². The summed E-state index contributed by atoms with van der Waals surface area (Å²) < 4.78 is 7.67. The van der Waals surface area contributed by atoms with Crippen molar-refractivity contribution in [3.8, 4) is 0 Å². The quantitative estimate of drug-likeness (QED) is 0.708. The summed E-state index contributed by atoms with van der Waals surface area (Å²) in [5.41, 5.74) is 3.58. The zero-order valence-corrected chi connectivity index (χ0v) is 15.9. The number of aromatic nitrogens is 4. The van der Waals surface area contributed by atoms with Gasteiger partial charge in [-0.3, -0.25) is 4.90 Å². The Labute approximate surface area is 159 Å². The Morgan fingerprint density at radius 3 is 2.81 bits per heavy atom. The Hall–Kier alpha value is -2.47. The van der Waals surface area contributed by atoms with Crippen molar-refractivity contribution in [1.29, 1.82) is 0 Å². The summed E-state index contributed by atoms with van der Waals surface area (Å²) in [6, 6.07) is 11.8. The van der Waals surface area contributed by atoms with Gasteiger partial charge in [0.15, 0.2) is 5.82 Å². The van der Waals surface area contributed by atoms with E-state index in [0.717, 1.165) is 23.6 Å². The number of imidazole rings is 1. The molecule has 5 rings (SSSR count). The summed E-state index contributed by atoms with van der Waals surface area (Å²) >= 11 is 0. The molecule has 0 aliphatic carbocycles. The number of benzene rings is 1. The lowest BCUT2D eigenvalue weighted by atomic mass is 9.94. The lowest BCUT2D eigenvalue weighted by Crippen LogP contribution is -2.27. The van der Waals surface area contributed by atoms with Gasteiger partial charge in [0, 0.05) is 23.7 Å². The second kappa shape index (κ2) is 6.60. The lowest BCUT2D eigenvalue weighted by Gasteiger charge is -2.24. The van der Waals surface area contributed by atoms with Gasteiger partial charge in [-0.2, -0.15) is 4.98 Å². The summed E-state index contributed by atoms with van der Waals surface area (Å²) in [7, 11) is 0. The van der Waals surface area contributed by atoms with E-state index >= 15 is 0 Å². The van der Waals surface area contributed by atoms with E-state index in [2.05, 4.69) is 56.9 Å². The molecular formula is C21H25N5O. The molecular weight excluding hydrogens is 338 g/mol. The predicted molar refractivity (Wildman–Crippen MR) is 101 cm³/mol. The highest BCUT2D eigenvalue weighted by molar-refractivity contribution is 5.24.